The van der Waals surface area contributed by atoms with Gasteiger partial charge in [-0.25, -0.2) is 9.29 Å². The normalized spacial score (nSPS) is 18.4. The van der Waals surface area contributed by atoms with Gasteiger partial charge in [-0.2, -0.15) is 0 Å². The molecule has 3 aromatic carbocycles. The van der Waals surface area contributed by atoms with E-state index in [-0.39, 0.29) is 29.8 Å². The first kappa shape index (κ1) is 24.6. The maximum atomic E-state index is 13.2. The molecule has 0 bridgehead atoms. The zero-order valence-corrected chi connectivity index (χ0v) is 20.6. The highest BCUT2D eigenvalue weighted by Crippen LogP contribution is 2.29. The van der Waals surface area contributed by atoms with Crippen LogP contribution in [0.1, 0.15) is 29.3 Å². The van der Waals surface area contributed by atoms with Crippen molar-refractivity contribution in [3.8, 4) is 5.75 Å². The lowest BCUT2D eigenvalue weighted by atomic mass is 10.0. The van der Waals surface area contributed by atoms with Crippen molar-refractivity contribution in [2.24, 2.45) is 0 Å². The van der Waals surface area contributed by atoms with Crippen molar-refractivity contribution < 1.29 is 23.5 Å². The van der Waals surface area contributed by atoms with Crippen LogP contribution in [0.3, 0.4) is 0 Å². The SMILES string of the molecule is CCOc1cccc(N2C(=O)C[C@@H](N3CCN(c4ccc(C(=O)c5ccc(F)cc5)cc4)CC3)C2=O)c1. The van der Waals surface area contributed by atoms with Gasteiger partial charge in [0.25, 0.3) is 5.91 Å². The van der Waals surface area contributed by atoms with Crippen molar-refractivity contribution in [3.63, 3.8) is 0 Å². The Morgan fingerprint density at radius 3 is 2.19 bits per heavy atom. The third-order valence-corrected chi connectivity index (χ3v) is 6.87. The molecule has 0 aromatic heterocycles. The molecule has 2 heterocycles. The lowest BCUT2D eigenvalue weighted by Crippen LogP contribution is -2.52. The number of anilines is 2. The van der Waals surface area contributed by atoms with Gasteiger partial charge in [0.05, 0.1) is 24.8 Å². The molecule has 190 valence electrons. The van der Waals surface area contributed by atoms with E-state index >= 15 is 0 Å². The summed E-state index contributed by atoms with van der Waals surface area (Å²) in [6.45, 7) is 5.08. The summed E-state index contributed by atoms with van der Waals surface area (Å²) in [5.74, 6) is -0.304. The van der Waals surface area contributed by atoms with Crippen molar-refractivity contribution in [3.05, 3.63) is 89.7 Å². The molecule has 5 rings (SSSR count). The van der Waals surface area contributed by atoms with Crippen LogP contribution in [0.2, 0.25) is 0 Å². The molecule has 0 aliphatic carbocycles. The number of rotatable bonds is 7. The second kappa shape index (κ2) is 10.5. The Labute approximate surface area is 215 Å². The Kier molecular flexibility index (Phi) is 7.01. The number of nitrogens with zero attached hydrogens (tertiary/aromatic N) is 3. The minimum Gasteiger partial charge on any atom is -0.494 e. The Bertz CT molecular complexity index is 1300. The molecule has 7 nitrogen and oxygen atoms in total. The van der Waals surface area contributed by atoms with E-state index in [1.165, 1.54) is 29.2 Å². The quantitative estimate of drug-likeness (QED) is 0.361. The molecule has 2 aliphatic rings. The number of carbonyl (C=O) groups excluding carboxylic acids is 3. The van der Waals surface area contributed by atoms with Crippen LogP contribution in [-0.2, 0) is 9.59 Å². The van der Waals surface area contributed by atoms with Crippen LogP contribution in [-0.4, -0.2) is 61.3 Å². The summed E-state index contributed by atoms with van der Waals surface area (Å²) in [5.41, 5.74) is 2.51. The van der Waals surface area contributed by atoms with Gasteiger partial charge in [-0.05, 0) is 67.6 Å². The van der Waals surface area contributed by atoms with E-state index < -0.39 is 6.04 Å². The van der Waals surface area contributed by atoms with Gasteiger partial charge in [-0.3, -0.25) is 19.3 Å². The number of amides is 2. The van der Waals surface area contributed by atoms with E-state index in [1.807, 2.05) is 19.1 Å². The lowest BCUT2D eigenvalue weighted by Gasteiger charge is -2.38. The molecule has 2 amide bonds. The van der Waals surface area contributed by atoms with Crippen molar-refractivity contribution in [2.45, 2.75) is 19.4 Å². The highest BCUT2D eigenvalue weighted by atomic mass is 19.1. The number of imide groups is 1. The molecule has 0 saturated carbocycles. The molecular weight excluding hydrogens is 473 g/mol. The maximum Gasteiger partial charge on any atom is 0.251 e. The smallest absolute Gasteiger partial charge is 0.251 e. The van der Waals surface area contributed by atoms with E-state index in [2.05, 4.69) is 9.80 Å². The van der Waals surface area contributed by atoms with Gasteiger partial charge in [0.15, 0.2) is 5.78 Å². The van der Waals surface area contributed by atoms with Gasteiger partial charge in [-0.15, -0.1) is 0 Å². The zero-order chi connectivity index (χ0) is 25.9. The average Bonchev–Trinajstić information content (AvgIpc) is 3.23. The molecule has 2 saturated heterocycles. The van der Waals surface area contributed by atoms with Crippen LogP contribution >= 0.6 is 0 Å². The lowest BCUT2D eigenvalue weighted by molar-refractivity contribution is -0.123. The average molecular weight is 502 g/mol. The predicted molar refractivity (Wildman–Crippen MR) is 139 cm³/mol. The van der Waals surface area contributed by atoms with E-state index in [0.717, 1.165) is 5.69 Å². The second-order valence-electron chi connectivity index (χ2n) is 9.12. The van der Waals surface area contributed by atoms with Crippen LogP contribution in [0.15, 0.2) is 72.8 Å². The Morgan fingerprint density at radius 2 is 1.54 bits per heavy atom. The number of piperazine rings is 1. The molecule has 2 fully saturated rings. The summed E-state index contributed by atoms with van der Waals surface area (Å²) >= 11 is 0. The number of ketones is 1. The number of benzene rings is 3. The number of ether oxygens (including phenoxy) is 1. The second-order valence-corrected chi connectivity index (χ2v) is 9.12. The van der Waals surface area contributed by atoms with Gasteiger partial charge in [0, 0.05) is 49.1 Å². The minimum absolute atomic E-state index is 0.155. The molecule has 0 spiro atoms. The van der Waals surface area contributed by atoms with Crippen LogP contribution < -0.4 is 14.5 Å². The third-order valence-electron chi connectivity index (χ3n) is 6.87. The van der Waals surface area contributed by atoms with Gasteiger partial charge < -0.3 is 9.64 Å². The fraction of sp³-hybridized carbons (Fsp3) is 0.276. The summed E-state index contributed by atoms with van der Waals surface area (Å²) in [4.78, 5) is 44.2. The van der Waals surface area contributed by atoms with E-state index in [0.29, 0.717) is 55.3 Å². The molecule has 0 N–H and O–H groups in total. The fourth-order valence-electron chi connectivity index (χ4n) is 4.93. The summed E-state index contributed by atoms with van der Waals surface area (Å²) in [7, 11) is 0. The minimum atomic E-state index is -0.471. The first-order valence-corrected chi connectivity index (χ1v) is 12.4. The van der Waals surface area contributed by atoms with Crippen molar-refractivity contribution >= 4 is 29.0 Å². The number of hydrogen-bond donors (Lipinski definition) is 0. The Balaban J connectivity index is 1.20. The largest absolute Gasteiger partial charge is 0.494 e. The standard InChI is InChI=1S/C29H28FN3O4/c1-2-37-25-5-3-4-24(18-25)33-27(34)19-26(29(33)36)32-16-14-31(15-17-32)23-12-8-21(9-13-23)28(35)20-6-10-22(30)11-7-20/h3-13,18,26H,2,14-17,19H2,1H3/t26-/m1/s1. The predicted octanol–water partition coefficient (Wildman–Crippen LogP) is 3.91. The van der Waals surface area contributed by atoms with Crippen molar-refractivity contribution in [1.82, 2.24) is 4.90 Å². The zero-order valence-electron chi connectivity index (χ0n) is 20.6. The van der Waals surface area contributed by atoms with Crippen LogP contribution in [0.4, 0.5) is 15.8 Å². The fourth-order valence-corrected chi connectivity index (χ4v) is 4.93. The monoisotopic (exact) mass is 501 g/mol. The van der Waals surface area contributed by atoms with E-state index in [9.17, 15) is 18.8 Å². The van der Waals surface area contributed by atoms with E-state index in [1.54, 1.807) is 36.4 Å². The van der Waals surface area contributed by atoms with Gasteiger partial charge in [0.2, 0.25) is 5.91 Å². The third kappa shape index (κ3) is 5.11. The molecule has 37 heavy (non-hydrogen) atoms. The first-order valence-electron chi connectivity index (χ1n) is 12.4. The Morgan fingerprint density at radius 1 is 0.892 bits per heavy atom. The molecule has 3 aromatic rings. The van der Waals surface area contributed by atoms with Crippen molar-refractivity contribution in [1.29, 1.82) is 0 Å². The summed E-state index contributed by atoms with van der Waals surface area (Å²) in [6.07, 6.45) is 0.165. The Hall–Kier alpha value is -4.04. The molecular formula is C29H28FN3O4. The summed E-state index contributed by atoms with van der Waals surface area (Å²) in [5, 5.41) is 0. The summed E-state index contributed by atoms with van der Waals surface area (Å²) in [6, 6.07) is 19.5. The first-order chi connectivity index (χ1) is 17.9. The van der Waals surface area contributed by atoms with Crippen molar-refractivity contribution in [2.75, 3.05) is 42.6 Å². The van der Waals surface area contributed by atoms with Gasteiger partial charge in [0.1, 0.15) is 11.6 Å². The molecule has 1 atom stereocenters. The molecule has 0 radical (unpaired) electrons. The number of halogens is 1. The van der Waals surface area contributed by atoms with Crippen LogP contribution in [0, 0.1) is 5.82 Å². The molecule has 2 aliphatic heterocycles. The topological polar surface area (TPSA) is 70.2 Å². The molecule has 8 heteroatoms. The molecule has 0 unspecified atom stereocenters. The van der Waals surface area contributed by atoms with Gasteiger partial charge in [-0.1, -0.05) is 6.07 Å². The maximum absolute atomic E-state index is 13.2. The number of carbonyl (C=O) groups is 3. The summed E-state index contributed by atoms with van der Waals surface area (Å²) < 4.78 is 18.7. The highest BCUT2D eigenvalue weighted by Gasteiger charge is 2.43. The van der Waals surface area contributed by atoms with E-state index in [4.69, 9.17) is 4.74 Å². The van der Waals surface area contributed by atoms with Crippen LogP contribution in [0.5, 0.6) is 5.75 Å². The number of hydrogen-bond acceptors (Lipinski definition) is 6. The van der Waals surface area contributed by atoms with Gasteiger partial charge >= 0.3 is 0 Å². The van der Waals surface area contributed by atoms with Crippen LogP contribution in [0.25, 0.3) is 0 Å². The highest BCUT2D eigenvalue weighted by molar-refractivity contribution is 6.22.